The predicted octanol–water partition coefficient (Wildman–Crippen LogP) is -6.92. The number of nitrogens with zero attached hydrogens (tertiary/aromatic N) is 2. The Balaban J connectivity index is -0.00000312. The van der Waals surface area contributed by atoms with Crippen LogP contribution in [0.4, 0.5) is 0 Å². The number of carboxylic acids is 3. The van der Waals surface area contributed by atoms with Crippen LogP contribution < -0.4 is 69.3 Å². The molecule has 0 aliphatic heterocycles. The normalized spacial score (nSPS) is 10.7. The molecule has 9 nitrogen and oxygen atoms in total. The van der Waals surface area contributed by atoms with Crippen molar-refractivity contribution < 1.29 is 93.9 Å². The second kappa shape index (κ2) is 20.0. The Kier molecular flexibility index (Phi) is 23.1. The minimum atomic E-state index is -1.23. The van der Waals surface area contributed by atoms with Crippen molar-refractivity contribution in [3.63, 3.8) is 0 Å². The first kappa shape index (κ1) is 32.4. The summed E-state index contributed by atoms with van der Waals surface area (Å²) in [6, 6.07) is 0. The molecule has 0 aromatic heterocycles. The van der Waals surface area contributed by atoms with Crippen LogP contribution in [0.3, 0.4) is 0 Å². The zero-order valence-corrected chi connectivity index (χ0v) is 21.2. The standard InChI is InChI=1S/C17H30N2O7.2Na/c1-2-3-4-14(20)13-19(10-7-17(25)26)12-11-18(8-5-15(21)22)9-6-16(23)24;;/h13,20H,2-12H2,1H3,(H,21,22)(H,23,24)(H,25,26);;/q;2*+1/p-2/b14-13-;;. The van der Waals surface area contributed by atoms with Crippen LogP contribution >= 0.6 is 0 Å². The van der Waals surface area contributed by atoms with Gasteiger partial charge in [0.25, 0.3) is 0 Å². The number of carboxylic acid groups (broad SMARTS) is 3. The monoisotopic (exact) mass is 418 g/mol. The van der Waals surface area contributed by atoms with E-state index in [1.807, 2.05) is 6.92 Å². The average molecular weight is 418 g/mol. The Morgan fingerprint density at radius 3 is 1.86 bits per heavy atom. The second-order valence-electron chi connectivity index (χ2n) is 5.99. The third-order valence-corrected chi connectivity index (χ3v) is 3.69. The molecule has 28 heavy (non-hydrogen) atoms. The van der Waals surface area contributed by atoms with Crippen molar-refractivity contribution in [2.45, 2.75) is 45.4 Å². The fourth-order valence-corrected chi connectivity index (χ4v) is 2.21. The fourth-order valence-electron chi connectivity index (χ4n) is 2.21. The SMILES string of the molecule is CCCC/C([O-])=C/N(CCC(=O)O)CCN(CCC(=O)[O-])CCC(=O)O.[Na+].[Na+]. The van der Waals surface area contributed by atoms with Crippen LogP contribution in [0.25, 0.3) is 0 Å². The van der Waals surface area contributed by atoms with Crippen LogP contribution in [-0.4, -0.2) is 70.6 Å². The Bertz CT molecular complexity index is 472. The molecule has 2 N–H and O–H groups in total. The first-order valence-electron chi connectivity index (χ1n) is 8.72. The van der Waals surface area contributed by atoms with Gasteiger partial charge in [-0.2, -0.15) is 0 Å². The largest absolute Gasteiger partial charge is 1.00 e. The van der Waals surface area contributed by atoms with Crippen molar-refractivity contribution in [3.05, 3.63) is 12.0 Å². The van der Waals surface area contributed by atoms with Crippen molar-refractivity contribution in [1.82, 2.24) is 9.80 Å². The molecule has 11 heteroatoms. The third-order valence-electron chi connectivity index (χ3n) is 3.69. The molecule has 150 valence electrons. The summed E-state index contributed by atoms with van der Waals surface area (Å²) in [6.07, 6.45) is 2.90. The topological polar surface area (TPSA) is 144 Å². The van der Waals surface area contributed by atoms with Crippen LogP contribution in [0, 0.1) is 0 Å². The molecule has 0 saturated carbocycles. The van der Waals surface area contributed by atoms with Crippen LogP contribution in [0.15, 0.2) is 12.0 Å². The molecule has 0 atom stereocenters. The summed E-state index contributed by atoms with van der Waals surface area (Å²) in [7, 11) is 0. The molecule has 0 aromatic carbocycles. The van der Waals surface area contributed by atoms with Crippen LogP contribution in [0.2, 0.25) is 0 Å². The van der Waals surface area contributed by atoms with E-state index in [9.17, 15) is 24.6 Å². The van der Waals surface area contributed by atoms with Gasteiger partial charge in [0.1, 0.15) is 0 Å². The quantitative estimate of drug-likeness (QED) is 0.185. The van der Waals surface area contributed by atoms with Crippen LogP contribution in [0.5, 0.6) is 0 Å². The van der Waals surface area contributed by atoms with E-state index >= 15 is 0 Å². The van der Waals surface area contributed by atoms with E-state index in [-0.39, 0.29) is 104 Å². The van der Waals surface area contributed by atoms with Crippen molar-refractivity contribution in [3.8, 4) is 0 Å². The van der Waals surface area contributed by atoms with Gasteiger partial charge < -0.3 is 35.0 Å². The van der Waals surface area contributed by atoms with Crippen LogP contribution in [0.1, 0.15) is 45.4 Å². The average Bonchev–Trinajstić information content (AvgIpc) is 2.56. The molecule has 0 fully saturated rings. The number of carbonyl (C=O) groups is 3. The van der Waals surface area contributed by atoms with E-state index in [4.69, 9.17) is 10.2 Å². The molecule has 0 amide bonds. The minimum absolute atomic E-state index is 0. The van der Waals surface area contributed by atoms with Gasteiger partial charge in [-0.05, 0) is 19.0 Å². The Morgan fingerprint density at radius 1 is 0.821 bits per heavy atom. The fraction of sp³-hybridized carbons (Fsp3) is 0.706. The number of hydrogen-bond acceptors (Lipinski definition) is 7. The maximum Gasteiger partial charge on any atom is 1.00 e. The van der Waals surface area contributed by atoms with E-state index in [0.717, 1.165) is 12.8 Å². The Labute approximate surface area is 210 Å². The van der Waals surface area contributed by atoms with Gasteiger partial charge in [0.05, 0.1) is 12.8 Å². The molecule has 0 heterocycles. The Hall–Kier alpha value is -0.290. The van der Waals surface area contributed by atoms with Gasteiger partial charge in [-0.3, -0.25) is 9.59 Å². The van der Waals surface area contributed by atoms with Gasteiger partial charge in [-0.1, -0.05) is 19.8 Å². The smallest absolute Gasteiger partial charge is 0.874 e. The van der Waals surface area contributed by atoms with Gasteiger partial charge >= 0.3 is 71.1 Å². The first-order chi connectivity index (χ1) is 12.2. The number of rotatable bonds is 16. The van der Waals surface area contributed by atoms with E-state index in [0.29, 0.717) is 19.5 Å². The zero-order chi connectivity index (χ0) is 19.9. The summed E-state index contributed by atoms with van der Waals surface area (Å²) in [5.74, 6) is -3.30. The van der Waals surface area contributed by atoms with Crippen LogP contribution in [-0.2, 0) is 14.4 Å². The van der Waals surface area contributed by atoms with E-state index in [1.165, 1.54) is 6.20 Å². The van der Waals surface area contributed by atoms with Crippen molar-refractivity contribution in [1.29, 1.82) is 0 Å². The number of unbranched alkanes of at least 4 members (excludes halogenated alkanes) is 1. The molecule has 0 saturated heterocycles. The van der Waals surface area contributed by atoms with Gasteiger partial charge in [-0.25, -0.2) is 0 Å². The number of carbonyl (C=O) groups excluding carboxylic acids is 1. The third kappa shape index (κ3) is 20.4. The number of hydrogen-bond donors (Lipinski definition) is 2. The molecule has 0 rings (SSSR count). The van der Waals surface area contributed by atoms with E-state index in [1.54, 1.807) is 9.80 Å². The summed E-state index contributed by atoms with van der Waals surface area (Å²) in [5, 5.41) is 40.1. The maximum absolute atomic E-state index is 11.9. The predicted molar refractivity (Wildman–Crippen MR) is 89.8 cm³/mol. The summed E-state index contributed by atoms with van der Waals surface area (Å²) in [5.41, 5.74) is 0. The van der Waals surface area contributed by atoms with E-state index in [2.05, 4.69) is 0 Å². The number of aliphatic carboxylic acids is 3. The van der Waals surface area contributed by atoms with Gasteiger partial charge in [0.15, 0.2) is 0 Å². The van der Waals surface area contributed by atoms with Crippen molar-refractivity contribution in [2.75, 3.05) is 32.7 Å². The summed E-state index contributed by atoms with van der Waals surface area (Å²) < 4.78 is 0. The maximum atomic E-state index is 11.9. The van der Waals surface area contributed by atoms with Gasteiger partial charge in [0.2, 0.25) is 0 Å². The molecular weight excluding hydrogens is 390 g/mol. The summed E-state index contributed by atoms with van der Waals surface area (Å²) >= 11 is 0. The molecule has 0 aromatic rings. The van der Waals surface area contributed by atoms with Crippen molar-refractivity contribution >= 4 is 17.9 Å². The van der Waals surface area contributed by atoms with Crippen molar-refractivity contribution in [2.24, 2.45) is 0 Å². The molecule has 0 aliphatic rings. The minimum Gasteiger partial charge on any atom is -0.874 e. The molecule has 0 bridgehead atoms. The number of allylic oxidation sites excluding steroid dienone is 1. The van der Waals surface area contributed by atoms with Gasteiger partial charge in [-0.15, -0.1) is 5.76 Å². The second-order valence-corrected chi connectivity index (χ2v) is 5.99. The van der Waals surface area contributed by atoms with E-state index < -0.39 is 17.9 Å². The first-order valence-corrected chi connectivity index (χ1v) is 8.72. The summed E-state index contributed by atoms with van der Waals surface area (Å²) in [4.78, 5) is 35.4. The van der Waals surface area contributed by atoms with Gasteiger partial charge in [0, 0.05) is 38.7 Å². The summed E-state index contributed by atoms with van der Waals surface area (Å²) in [6.45, 7) is 3.04. The Morgan fingerprint density at radius 2 is 1.36 bits per heavy atom. The molecule has 0 radical (unpaired) electrons. The molecule has 0 unspecified atom stereocenters. The zero-order valence-electron chi connectivity index (χ0n) is 17.2. The molecular formula is C17H28N2Na2O7. The molecule has 0 spiro atoms. The molecule has 0 aliphatic carbocycles.